The van der Waals surface area contributed by atoms with Crippen LogP contribution in [0.25, 0.3) is 0 Å². The third-order valence-electron chi connectivity index (χ3n) is 15.8. The highest BCUT2D eigenvalue weighted by Gasteiger charge is 2.37. The molecule has 0 saturated carbocycles. The van der Waals surface area contributed by atoms with Crippen molar-refractivity contribution in [1.82, 2.24) is 0 Å². The molecule has 4 N–H and O–H groups in total. The third-order valence-corrected chi connectivity index (χ3v) is 15.8. The lowest BCUT2D eigenvalue weighted by Crippen LogP contribution is -2.37. The zero-order valence-electron chi connectivity index (χ0n) is 57.9. The van der Waals surface area contributed by atoms with Crippen molar-refractivity contribution in [3.05, 3.63) is 115 Å². The summed E-state index contributed by atoms with van der Waals surface area (Å²) in [5, 5.41) is 46.2. The normalized spacial score (nSPS) is 14.1. The zero-order valence-corrected chi connectivity index (χ0v) is 57.9. The first-order valence-electron chi connectivity index (χ1n) is 31.2. The summed E-state index contributed by atoms with van der Waals surface area (Å²) in [5.74, 6) is -1.56. The summed E-state index contributed by atoms with van der Waals surface area (Å²) < 4.78 is 31.4. The molecule has 0 aliphatic heterocycles. The van der Waals surface area contributed by atoms with E-state index >= 15 is 0 Å². The summed E-state index contributed by atoms with van der Waals surface area (Å²) in [6.07, 6.45) is -3.02. The fourth-order valence-electron chi connectivity index (χ4n) is 10.6. The van der Waals surface area contributed by atoms with E-state index in [2.05, 4.69) is 0 Å². The number of benzene rings is 4. The summed E-state index contributed by atoms with van der Waals surface area (Å²) in [5.41, 5.74) is 5.16. The van der Waals surface area contributed by atoms with E-state index in [1.807, 2.05) is 203 Å². The summed E-state index contributed by atoms with van der Waals surface area (Å²) in [6, 6.07) is 15.1. The van der Waals surface area contributed by atoms with Gasteiger partial charge in [0.1, 0.15) is 42.3 Å². The van der Waals surface area contributed by atoms with Crippen LogP contribution in [-0.4, -0.2) is 76.3 Å². The van der Waals surface area contributed by atoms with E-state index in [1.165, 1.54) is 0 Å². The minimum absolute atomic E-state index is 0.00994. The molecule has 0 fully saturated rings. The molecule has 484 valence electrons. The first kappa shape index (κ1) is 73.4. The Morgan fingerprint density at radius 1 is 0.356 bits per heavy atom. The lowest BCUT2D eigenvalue weighted by Gasteiger charge is -2.32. The Bertz CT molecular complexity index is 2930. The second kappa shape index (κ2) is 27.8. The number of phenolic OH excluding ortho intramolecular Hbond substituents is 4. The van der Waals surface area contributed by atoms with Crippen LogP contribution in [0, 0.1) is 0 Å². The van der Waals surface area contributed by atoms with Gasteiger partial charge in [-0.15, -0.1) is 0 Å². The number of rotatable bonds is 21. The van der Waals surface area contributed by atoms with Crippen LogP contribution in [0.4, 0.5) is 0 Å². The highest BCUT2D eigenvalue weighted by Crippen LogP contribution is 2.45. The number of aryl methyl sites for hydroxylation is 3. The average Bonchev–Trinajstić information content (AvgIpc) is 1.03. The lowest BCUT2D eigenvalue weighted by atomic mass is 9.77. The molecule has 3 unspecified atom stereocenters. The van der Waals surface area contributed by atoms with Crippen LogP contribution in [0.15, 0.2) is 48.5 Å². The fourth-order valence-corrected chi connectivity index (χ4v) is 10.6. The lowest BCUT2D eigenvalue weighted by molar-refractivity contribution is -0.177. The van der Waals surface area contributed by atoms with Gasteiger partial charge in [-0.25, -0.2) is 0 Å². The van der Waals surface area contributed by atoms with E-state index in [4.69, 9.17) is 23.7 Å². The largest absolute Gasteiger partial charge is 0.507 e. The van der Waals surface area contributed by atoms with E-state index in [-0.39, 0.29) is 72.4 Å². The first-order valence-corrected chi connectivity index (χ1v) is 31.2. The minimum Gasteiger partial charge on any atom is -0.507 e. The zero-order chi connectivity index (χ0) is 66.5. The van der Waals surface area contributed by atoms with E-state index in [1.54, 1.807) is 19.1 Å². The second-order valence-corrected chi connectivity index (χ2v) is 32.2. The van der Waals surface area contributed by atoms with Crippen LogP contribution in [0.1, 0.15) is 272 Å². The molecule has 3 atom stereocenters. The van der Waals surface area contributed by atoms with Crippen molar-refractivity contribution >= 4 is 23.9 Å². The summed E-state index contributed by atoms with van der Waals surface area (Å²) in [4.78, 5) is 56.0. The Balaban J connectivity index is 1.82. The maximum Gasteiger partial charge on any atom is 0.306 e. The molecule has 13 heteroatoms. The number of aromatic hydroxyl groups is 4. The van der Waals surface area contributed by atoms with Gasteiger partial charge in [-0.2, -0.15) is 0 Å². The second-order valence-electron chi connectivity index (χ2n) is 32.2. The Labute approximate surface area is 522 Å². The molecular formula is C74H110O13. The molecule has 0 heterocycles. The van der Waals surface area contributed by atoms with Gasteiger partial charge in [0.25, 0.3) is 0 Å². The van der Waals surface area contributed by atoms with Gasteiger partial charge in [0.15, 0.2) is 12.2 Å². The highest BCUT2D eigenvalue weighted by atomic mass is 16.6. The molecule has 4 aromatic carbocycles. The van der Waals surface area contributed by atoms with E-state index in [0.29, 0.717) is 23.1 Å². The number of hydrogen-bond acceptors (Lipinski definition) is 13. The van der Waals surface area contributed by atoms with E-state index in [9.17, 15) is 39.6 Å². The number of esters is 4. The summed E-state index contributed by atoms with van der Waals surface area (Å²) in [7, 11) is 0. The Morgan fingerprint density at radius 3 is 0.897 bits per heavy atom. The smallest absolute Gasteiger partial charge is 0.306 e. The predicted octanol–water partition coefficient (Wildman–Crippen LogP) is 16.2. The predicted molar refractivity (Wildman–Crippen MR) is 348 cm³/mol. The molecule has 87 heavy (non-hydrogen) atoms. The molecule has 4 rings (SSSR count). The standard InChI is InChI=1S/C74H110O13/c1-26-58(75)87-66(47-39-55(73(20,21)22)65(82)56(40-47)74(23,24)25)57(43-85-60(77)31-28-45-35-51(69(8,9)10)63(80)52(36-45)70(11,12)13)83-41-48(86-61(78)32-29-46-37-53(71(14,15)16)64(81)54(38-46)72(17,18)19)42-84-59(76)30-27-44-33-49(67(2,3)4)62(79)50(34-44)68(5,6)7/h33-40,48,57,66,79-82H,26-32,41-43H2,1-25H3. The fraction of sp³-hybridized carbons (Fsp3) is 0.622. The maximum absolute atomic E-state index is 14.3. The van der Waals surface area contributed by atoms with Crippen molar-refractivity contribution in [1.29, 1.82) is 0 Å². The third kappa shape index (κ3) is 20.5. The number of hydrogen-bond donors (Lipinski definition) is 4. The van der Waals surface area contributed by atoms with Gasteiger partial charge in [-0.1, -0.05) is 209 Å². The van der Waals surface area contributed by atoms with Crippen LogP contribution in [0.3, 0.4) is 0 Å². The van der Waals surface area contributed by atoms with Crippen LogP contribution < -0.4 is 0 Å². The average molecular weight is 1210 g/mol. The van der Waals surface area contributed by atoms with Gasteiger partial charge in [-0.3, -0.25) is 19.2 Å². The Morgan fingerprint density at radius 2 is 0.621 bits per heavy atom. The van der Waals surface area contributed by atoms with Gasteiger partial charge in [0, 0.05) is 25.7 Å². The minimum atomic E-state index is -1.24. The van der Waals surface area contributed by atoms with Gasteiger partial charge in [-0.05, 0) is 141 Å². The SMILES string of the molecule is CCC(=O)OC(c1cc(C(C)(C)C)c(O)c(C(C)(C)C)c1)C(COC(=O)CCc1cc(C(C)(C)C)c(O)c(C(C)(C)C)c1)OCC(COC(=O)CCc1cc(C(C)(C)C)c(O)c(C(C)(C)C)c1)OC(=O)CCc1cc(C(C)(C)C)c(O)c(C(C)(C)C)c1. The topological polar surface area (TPSA) is 195 Å². The van der Waals surface area contributed by atoms with Crippen molar-refractivity contribution in [2.45, 2.75) is 280 Å². The number of phenols is 4. The summed E-state index contributed by atoms with van der Waals surface area (Å²) >= 11 is 0. The van der Waals surface area contributed by atoms with Crippen LogP contribution in [0.2, 0.25) is 0 Å². The first-order chi connectivity index (χ1) is 39.4. The molecule has 0 saturated heterocycles. The van der Waals surface area contributed by atoms with Crippen LogP contribution >= 0.6 is 0 Å². The van der Waals surface area contributed by atoms with Crippen molar-refractivity contribution < 1.29 is 63.3 Å². The molecule has 13 nitrogen and oxygen atoms in total. The molecule has 0 spiro atoms. The van der Waals surface area contributed by atoms with Gasteiger partial charge in [0.2, 0.25) is 0 Å². The van der Waals surface area contributed by atoms with Crippen molar-refractivity contribution in [3.8, 4) is 23.0 Å². The molecule has 0 bridgehead atoms. The number of ether oxygens (including phenoxy) is 5. The summed E-state index contributed by atoms with van der Waals surface area (Å²) in [6.45, 7) is 48.7. The molecule has 0 aromatic heterocycles. The van der Waals surface area contributed by atoms with Crippen molar-refractivity contribution in [2.24, 2.45) is 0 Å². The van der Waals surface area contributed by atoms with Crippen molar-refractivity contribution in [3.63, 3.8) is 0 Å². The number of carbonyl (C=O) groups excluding carboxylic acids is 4. The van der Waals surface area contributed by atoms with Crippen molar-refractivity contribution in [2.75, 3.05) is 19.8 Å². The molecule has 0 aliphatic carbocycles. The van der Waals surface area contributed by atoms with E-state index in [0.717, 1.165) is 50.1 Å². The maximum atomic E-state index is 14.3. The highest BCUT2D eigenvalue weighted by molar-refractivity contribution is 5.72. The molecule has 0 amide bonds. The van der Waals surface area contributed by atoms with Gasteiger partial charge < -0.3 is 44.1 Å². The van der Waals surface area contributed by atoms with E-state index < -0.39 is 94.5 Å². The Kier molecular flexibility index (Phi) is 23.4. The quantitative estimate of drug-likeness (QED) is 0.0455. The Hall–Kier alpha value is -6.08. The molecule has 0 radical (unpaired) electrons. The van der Waals surface area contributed by atoms with Crippen LogP contribution in [0.5, 0.6) is 23.0 Å². The van der Waals surface area contributed by atoms with Gasteiger partial charge in [0.05, 0.1) is 6.61 Å². The van der Waals surface area contributed by atoms with Crippen LogP contribution in [-0.2, 0) is 105 Å². The number of carbonyl (C=O) groups is 4. The molecular weight excluding hydrogens is 1100 g/mol. The molecule has 4 aromatic rings. The van der Waals surface area contributed by atoms with Gasteiger partial charge >= 0.3 is 23.9 Å². The molecule has 0 aliphatic rings. The monoisotopic (exact) mass is 1210 g/mol.